The molecule has 0 saturated carbocycles. The van der Waals surface area contributed by atoms with Crippen molar-refractivity contribution in [1.82, 2.24) is 0 Å². The van der Waals surface area contributed by atoms with Gasteiger partial charge in [-0.05, 0) is 62.2 Å². The van der Waals surface area contributed by atoms with E-state index in [-0.39, 0.29) is 0 Å². The van der Waals surface area contributed by atoms with Crippen molar-refractivity contribution in [2.45, 2.75) is 51.9 Å². The number of aryl methyl sites for hydroxylation is 1. The lowest BCUT2D eigenvalue weighted by atomic mass is 9.88. The third kappa shape index (κ3) is 3.09. The van der Waals surface area contributed by atoms with Crippen LogP contribution in [0, 0.1) is 0 Å². The molecule has 1 heteroatoms. The second kappa shape index (κ2) is 7.55. The van der Waals surface area contributed by atoms with E-state index in [1.807, 2.05) is 0 Å². The van der Waals surface area contributed by atoms with Gasteiger partial charge in [0.1, 0.15) is 0 Å². The van der Waals surface area contributed by atoms with Crippen LogP contribution in [-0.2, 0) is 6.42 Å². The van der Waals surface area contributed by atoms with Crippen molar-refractivity contribution in [3.05, 3.63) is 66.2 Å². The number of nitrogen functional groups attached to an aromatic ring is 1. The highest BCUT2D eigenvalue weighted by molar-refractivity contribution is 6.33. The highest BCUT2D eigenvalue weighted by Crippen LogP contribution is 2.42. The number of nitrogens with two attached hydrogens (primary N) is 1. The van der Waals surface area contributed by atoms with Crippen LogP contribution >= 0.6 is 0 Å². The fraction of sp³-hybridized carbons (Fsp3) is 0.286. The Morgan fingerprint density at radius 2 is 1.31 bits per heavy atom. The Morgan fingerprint density at radius 1 is 0.621 bits per heavy atom. The lowest BCUT2D eigenvalue weighted by molar-refractivity contribution is 0.608. The molecule has 0 radical (unpaired) electrons. The maximum atomic E-state index is 6.34. The molecule has 0 aliphatic rings. The van der Waals surface area contributed by atoms with E-state index in [1.54, 1.807) is 0 Å². The summed E-state index contributed by atoms with van der Waals surface area (Å²) in [5, 5.41) is 10.6. The highest BCUT2D eigenvalue weighted by atomic mass is 14.5. The molecule has 1 nitrogen and oxygen atoms in total. The van der Waals surface area contributed by atoms with Gasteiger partial charge in [0.15, 0.2) is 0 Å². The largest absolute Gasteiger partial charge is 0.398 e. The first-order valence-electron chi connectivity index (χ1n) is 11.2. The molecule has 0 fully saturated rings. The first kappa shape index (κ1) is 18.2. The Balaban J connectivity index is 1.65. The number of rotatable bonds is 7. The topological polar surface area (TPSA) is 26.0 Å². The van der Waals surface area contributed by atoms with E-state index in [9.17, 15) is 0 Å². The van der Waals surface area contributed by atoms with Gasteiger partial charge in [-0.25, -0.2) is 0 Å². The average molecular weight is 380 g/mol. The molecule has 0 amide bonds. The predicted molar refractivity (Wildman–Crippen MR) is 129 cm³/mol. The SMILES string of the molecule is CCCCCCCCc1cc2cccc3c4cccc5c(N)ccc(c(c1)c23)c54. The Morgan fingerprint density at radius 3 is 2.17 bits per heavy atom. The predicted octanol–water partition coefficient (Wildman–Crippen LogP) is 8.22. The second-order valence-electron chi connectivity index (χ2n) is 8.50. The molecule has 5 aromatic carbocycles. The molecule has 0 bridgehead atoms. The van der Waals surface area contributed by atoms with Crippen molar-refractivity contribution in [1.29, 1.82) is 0 Å². The molecule has 0 unspecified atom stereocenters. The van der Waals surface area contributed by atoms with Gasteiger partial charge in [0, 0.05) is 11.1 Å². The van der Waals surface area contributed by atoms with E-state index in [4.69, 9.17) is 5.73 Å². The number of fused-ring (bicyclic) bond motifs is 2. The smallest absolute Gasteiger partial charge is 0.0394 e. The van der Waals surface area contributed by atoms with Gasteiger partial charge >= 0.3 is 0 Å². The van der Waals surface area contributed by atoms with Crippen molar-refractivity contribution in [2.75, 3.05) is 5.73 Å². The van der Waals surface area contributed by atoms with E-state index >= 15 is 0 Å². The fourth-order valence-corrected chi connectivity index (χ4v) is 5.06. The van der Waals surface area contributed by atoms with E-state index < -0.39 is 0 Å². The minimum absolute atomic E-state index is 0.865. The van der Waals surface area contributed by atoms with Crippen LogP contribution in [0.2, 0.25) is 0 Å². The molecule has 0 aliphatic heterocycles. The van der Waals surface area contributed by atoms with Crippen molar-refractivity contribution >= 4 is 48.8 Å². The Labute approximate surface area is 172 Å². The van der Waals surface area contributed by atoms with Crippen molar-refractivity contribution in [2.24, 2.45) is 0 Å². The molecule has 0 heterocycles. The summed E-state index contributed by atoms with van der Waals surface area (Å²) >= 11 is 0. The molecule has 5 rings (SSSR count). The summed E-state index contributed by atoms with van der Waals surface area (Å²) in [7, 11) is 0. The molecule has 2 N–H and O–H groups in total. The monoisotopic (exact) mass is 379 g/mol. The molecule has 146 valence electrons. The first-order chi connectivity index (χ1) is 14.3. The lowest BCUT2D eigenvalue weighted by Gasteiger charge is -2.16. The van der Waals surface area contributed by atoms with Crippen LogP contribution in [0.5, 0.6) is 0 Å². The number of anilines is 1. The van der Waals surface area contributed by atoms with Crippen LogP contribution in [0.3, 0.4) is 0 Å². The van der Waals surface area contributed by atoms with Gasteiger partial charge in [0.25, 0.3) is 0 Å². The summed E-state index contributed by atoms with van der Waals surface area (Å²) in [4.78, 5) is 0. The summed E-state index contributed by atoms with van der Waals surface area (Å²) in [5.41, 5.74) is 8.66. The van der Waals surface area contributed by atoms with E-state index in [2.05, 4.69) is 67.6 Å². The number of benzene rings is 5. The number of unbranched alkanes of at least 4 members (excludes halogenated alkanes) is 5. The van der Waals surface area contributed by atoms with Gasteiger partial charge in [-0.2, -0.15) is 0 Å². The Kier molecular flexibility index (Phi) is 4.75. The van der Waals surface area contributed by atoms with Crippen molar-refractivity contribution in [3.8, 4) is 0 Å². The van der Waals surface area contributed by atoms with Gasteiger partial charge in [0.05, 0.1) is 0 Å². The number of hydrogen-bond acceptors (Lipinski definition) is 1. The average Bonchev–Trinajstić information content (AvgIpc) is 2.75. The summed E-state index contributed by atoms with van der Waals surface area (Å²) in [6.45, 7) is 2.28. The van der Waals surface area contributed by atoms with Gasteiger partial charge in [-0.1, -0.05) is 93.6 Å². The molecular formula is C28H29N. The Bertz CT molecular complexity index is 1300. The second-order valence-corrected chi connectivity index (χ2v) is 8.50. The lowest BCUT2D eigenvalue weighted by Crippen LogP contribution is -1.93. The maximum Gasteiger partial charge on any atom is 0.0394 e. The zero-order valence-electron chi connectivity index (χ0n) is 17.3. The fourth-order valence-electron chi connectivity index (χ4n) is 5.06. The van der Waals surface area contributed by atoms with Gasteiger partial charge in [-0.3, -0.25) is 0 Å². The molecule has 0 aromatic heterocycles. The van der Waals surface area contributed by atoms with E-state index in [1.165, 1.54) is 93.6 Å². The van der Waals surface area contributed by atoms with Crippen LogP contribution in [0.1, 0.15) is 51.0 Å². The summed E-state index contributed by atoms with van der Waals surface area (Å²) in [6, 6.07) is 22.4. The molecular weight excluding hydrogens is 350 g/mol. The summed E-state index contributed by atoms with van der Waals surface area (Å²) in [5.74, 6) is 0. The van der Waals surface area contributed by atoms with Crippen LogP contribution in [0.15, 0.2) is 60.7 Å². The molecule has 5 aromatic rings. The van der Waals surface area contributed by atoms with E-state index in [0.717, 1.165) is 5.69 Å². The van der Waals surface area contributed by atoms with Crippen molar-refractivity contribution < 1.29 is 0 Å². The standard InChI is InChI=1S/C28H29N/c1-2-3-4-5-6-7-10-19-17-20-11-8-12-21-22-13-9-14-24-26(29)16-15-23(28(22)24)25(18-19)27(20)21/h8-9,11-18H,2-7,10,29H2,1H3. The van der Waals surface area contributed by atoms with Crippen molar-refractivity contribution in [3.63, 3.8) is 0 Å². The number of hydrogen-bond donors (Lipinski definition) is 1. The molecule has 0 saturated heterocycles. The van der Waals surface area contributed by atoms with Gasteiger partial charge in [0.2, 0.25) is 0 Å². The summed E-state index contributed by atoms with van der Waals surface area (Å²) in [6.07, 6.45) is 9.21. The summed E-state index contributed by atoms with van der Waals surface area (Å²) < 4.78 is 0. The molecule has 0 spiro atoms. The zero-order chi connectivity index (χ0) is 19.8. The third-order valence-electron chi connectivity index (χ3n) is 6.51. The van der Waals surface area contributed by atoms with Crippen LogP contribution in [0.25, 0.3) is 43.1 Å². The molecule has 0 aliphatic carbocycles. The first-order valence-corrected chi connectivity index (χ1v) is 11.2. The third-order valence-corrected chi connectivity index (χ3v) is 6.51. The van der Waals surface area contributed by atoms with Crippen LogP contribution in [0.4, 0.5) is 5.69 Å². The highest BCUT2D eigenvalue weighted by Gasteiger charge is 2.14. The van der Waals surface area contributed by atoms with Gasteiger partial charge < -0.3 is 5.73 Å². The van der Waals surface area contributed by atoms with Gasteiger partial charge in [-0.15, -0.1) is 0 Å². The van der Waals surface area contributed by atoms with Crippen LogP contribution < -0.4 is 5.73 Å². The van der Waals surface area contributed by atoms with E-state index in [0.29, 0.717) is 0 Å². The van der Waals surface area contributed by atoms with Crippen LogP contribution in [-0.4, -0.2) is 0 Å². The molecule has 0 atom stereocenters. The minimum atomic E-state index is 0.865. The zero-order valence-corrected chi connectivity index (χ0v) is 17.3. The quantitative estimate of drug-likeness (QED) is 0.131. The maximum absolute atomic E-state index is 6.34. The Hall–Kier alpha value is -2.80. The normalized spacial score (nSPS) is 12.0. The minimum Gasteiger partial charge on any atom is -0.398 e. The molecule has 29 heavy (non-hydrogen) atoms.